The van der Waals surface area contributed by atoms with E-state index >= 15 is 0 Å². The molecule has 8 heteroatoms. The fourth-order valence-corrected chi connectivity index (χ4v) is 4.36. The highest BCUT2D eigenvalue weighted by Crippen LogP contribution is 2.29. The standard InChI is InChI=1S/C12H19N3O4S/c16-20(17,15-7-9-18-10-8-15)14-5-2-11(3-6-14)12-1-4-13-19-12/h1,4,11H,2-3,5-10H2. The number of ether oxygens (including phenoxy) is 1. The lowest BCUT2D eigenvalue weighted by Crippen LogP contribution is -2.50. The van der Waals surface area contributed by atoms with Gasteiger partial charge in [-0.3, -0.25) is 0 Å². The molecule has 0 spiro atoms. The van der Waals surface area contributed by atoms with Gasteiger partial charge < -0.3 is 9.26 Å². The van der Waals surface area contributed by atoms with Gasteiger partial charge in [-0.05, 0) is 12.8 Å². The second kappa shape index (κ2) is 5.80. The first-order chi connectivity index (χ1) is 9.68. The minimum Gasteiger partial charge on any atom is -0.379 e. The Morgan fingerprint density at radius 1 is 1.10 bits per heavy atom. The van der Waals surface area contributed by atoms with E-state index in [1.54, 1.807) is 10.5 Å². The Labute approximate surface area is 118 Å². The molecule has 3 heterocycles. The minimum absolute atomic E-state index is 0.272. The monoisotopic (exact) mass is 301 g/mol. The van der Waals surface area contributed by atoms with E-state index in [0.29, 0.717) is 39.4 Å². The number of piperidine rings is 1. The molecule has 3 rings (SSSR count). The summed E-state index contributed by atoms with van der Waals surface area (Å²) in [5.74, 6) is 1.13. The maximum atomic E-state index is 12.5. The van der Waals surface area contributed by atoms with E-state index in [4.69, 9.17) is 9.26 Å². The molecule has 0 aliphatic carbocycles. The SMILES string of the molecule is O=S(=O)(N1CCOCC1)N1CCC(c2ccno2)CC1. The zero-order valence-electron chi connectivity index (χ0n) is 11.3. The highest BCUT2D eigenvalue weighted by atomic mass is 32.2. The van der Waals surface area contributed by atoms with E-state index in [9.17, 15) is 8.42 Å². The predicted molar refractivity (Wildman–Crippen MR) is 71.4 cm³/mol. The van der Waals surface area contributed by atoms with Crippen LogP contribution in [0.3, 0.4) is 0 Å². The largest absolute Gasteiger partial charge is 0.379 e. The number of hydrogen-bond acceptors (Lipinski definition) is 5. The summed E-state index contributed by atoms with van der Waals surface area (Å²) in [5, 5.41) is 3.71. The summed E-state index contributed by atoms with van der Waals surface area (Å²) >= 11 is 0. The number of rotatable bonds is 3. The van der Waals surface area contributed by atoms with E-state index in [1.807, 2.05) is 6.07 Å². The molecule has 2 aliphatic rings. The Bertz CT molecular complexity index is 517. The van der Waals surface area contributed by atoms with Gasteiger partial charge in [0, 0.05) is 38.2 Å². The van der Waals surface area contributed by atoms with E-state index < -0.39 is 10.2 Å². The zero-order chi connectivity index (χ0) is 14.0. The number of hydrogen-bond donors (Lipinski definition) is 0. The van der Waals surface area contributed by atoms with Crippen molar-refractivity contribution in [2.75, 3.05) is 39.4 Å². The first kappa shape index (κ1) is 14.0. The number of aromatic nitrogens is 1. The smallest absolute Gasteiger partial charge is 0.282 e. The van der Waals surface area contributed by atoms with Crippen LogP contribution in [0.1, 0.15) is 24.5 Å². The van der Waals surface area contributed by atoms with Gasteiger partial charge in [-0.15, -0.1) is 0 Å². The fraction of sp³-hybridized carbons (Fsp3) is 0.750. The van der Waals surface area contributed by atoms with Crippen LogP contribution >= 0.6 is 0 Å². The van der Waals surface area contributed by atoms with Gasteiger partial charge in [-0.25, -0.2) is 0 Å². The van der Waals surface area contributed by atoms with Gasteiger partial charge in [-0.2, -0.15) is 17.0 Å². The molecule has 0 saturated carbocycles. The van der Waals surface area contributed by atoms with Crippen LogP contribution in [-0.4, -0.2) is 61.6 Å². The third-order valence-electron chi connectivity index (χ3n) is 3.94. The summed E-state index contributed by atoms with van der Waals surface area (Å²) in [5.41, 5.74) is 0. The predicted octanol–water partition coefficient (Wildman–Crippen LogP) is 0.431. The molecular formula is C12H19N3O4S. The van der Waals surface area contributed by atoms with Crippen molar-refractivity contribution in [3.63, 3.8) is 0 Å². The summed E-state index contributed by atoms with van der Waals surface area (Å²) in [4.78, 5) is 0. The Kier molecular flexibility index (Phi) is 4.06. The maximum Gasteiger partial charge on any atom is 0.282 e. The van der Waals surface area contributed by atoms with Crippen LogP contribution in [0.25, 0.3) is 0 Å². The van der Waals surface area contributed by atoms with Crippen LogP contribution in [0.15, 0.2) is 16.8 Å². The summed E-state index contributed by atoms with van der Waals surface area (Å²) in [6.45, 7) is 2.92. The van der Waals surface area contributed by atoms with Gasteiger partial charge in [0.25, 0.3) is 10.2 Å². The molecule has 0 atom stereocenters. The third kappa shape index (κ3) is 2.73. The van der Waals surface area contributed by atoms with Crippen molar-refractivity contribution in [1.29, 1.82) is 0 Å². The molecule has 0 unspecified atom stereocenters. The molecule has 0 radical (unpaired) electrons. The zero-order valence-corrected chi connectivity index (χ0v) is 12.1. The van der Waals surface area contributed by atoms with Crippen molar-refractivity contribution >= 4 is 10.2 Å². The minimum atomic E-state index is -3.34. The molecule has 1 aromatic heterocycles. The molecular weight excluding hydrogens is 282 g/mol. The molecule has 112 valence electrons. The van der Waals surface area contributed by atoms with Crippen molar-refractivity contribution in [2.24, 2.45) is 0 Å². The Hall–Kier alpha value is -0.960. The van der Waals surface area contributed by atoms with Gasteiger partial charge in [0.2, 0.25) is 0 Å². The second-order valence-corrected chi connectivity index (χ2v) is 7.04. The molecule has 2 saturated heterocycles. The molecule has 2 fully saturated rings. The first-order valence-corrected chi connectivity index (χ1v) is 8.31. The summed E-state index contributed by atoms with van der Waals surface area (Å²) in [6.07, 6.45) is 3.18. The second-order valence-electron chi connectivity index (χ2n) is 5.11. The van der Waals surface area contributed by atoms with Gasteiger partial charge in [-0.1, -0.05) is 5.16 Å². The van der Waals surface area contributed by atoms with Crippen LogP contribution in [0.2, 0.25) is 0 Å². The van der Waals surface area contributed by atoms with Crippen molar-refractivity contribution < 1.29 is 17.7 Å². The van der Waals surface area contributed by atoms with E-state index in [-0.39, 0.29) is 5.92 Å². The maximum absolute atomic E-state index is 12.5. The average molecular weight is 301 g/mol. The van der Waals surface area contributed by atoms with Crippen molar-refractivity contribution in [2.45, 2.75) is 18.8 Å². The van der Waals surface area contributed by atoms with Crippen LogP contribution in [-0.2, 0) is 14.9 Å². The van der Waals surface area contributed by atoms with E-state index in [0.717, 1.165) is 18.6 Å². The Balaban J connectivity index is 1.62. The van der Waals surface area contributed by atoms with Crippen molar-refractivity contribution in [3.05, 3.63) is 18.0 Å². The Morgan fingerprint density at radius 2 is 1.75 bits per heavy atom. The molecule has 0 aromatic carbocycles. The van der Waals surface area contributed by atoms with Gasteiger partial charge in [0.15, 0.2) is 0 Å². The summed E-state index contributed by atoms with van der Waals surface area (Å²) in [7, 11) is -3.34. The quantitative estimate of drug-likeness (QED) is 0.809. The van der Waals surface area contributed by atoms with Crippen LogP contribution in [0.5, 0.6) is 0 Å². The lowest BCUT2D eigenvalue weighted by atomic mass is 9.96. The molecule has 1 aromatic rings. The molecule has 7 nitrogen and oxygen atoms in total. The van der Waals surface area contributed by atoms with E-state index in [2.05, 4.69) is 5.16 Å². The highest BCUT2D eigenvalue weighted by Gasteiger charge is 2.34. The van der Waals surface area contributed by atoms with Gasteiger partial charge in [0.05, 0.1) is 19.4 Å². The van der Waals surface area contributed by atoms with Crippen molar-refractivity contribution in [3.8, 4) is 0 Å². The van der Waals surface area contributed by atoms with Gasteiger partial charge in [0.1, 0.15) is 5.76 Å². The lowest BCUT2D eigenvalue weighted by Gasteiger charge is -2.35. The lowest BCUT2D eigenvalue weighted by molar-refractivity contribution is 0.0695. The molecule has 0 bridgehead atoms. The van der Waals surface area contributed by atoms with Crippen molar-refractivity contribution in [1.82, 2.24) is 13.8 Å². The third-order valence-corrected chi connectivity index (χ3v) is 5.97. The fourth-order valence-electron chi connectivity index (χ4n) is 2.75. The summed E-state index contributed by atoms with van der Waals surface area (Å²) < 4.78 is 38.5. The summed E-state index contributed by atoms with van der Waals surface area (Å²) in [6, 6.07) is 1.86. The number of nitrogens with zero attached hydrogens (tertiary/aromatic N) is 3. The first-order valence-electron chi connectivity index (χ1n) is 6.91. The van der Waals surface area contributed by atoms with E-state index in [1.165, 1.54) is 4.31 Å². The highest BCUT2D eigenvalue weighted by molar-refractivity contribution is 7.86. The molecule has 2 aliphatic heterocycles. The normalized spacial score (nSPS) is 24.0. The van der Waals surface area contributed by atoms with Crippen LogP contribution in [0, 0.1) is 0 Å². The molecule has 20 heavy (non-hydrogen) atoms. The van der Waals surface area contributed by atoms with Gasteiger partial charge >= 0.3 is 0 Å². The molecule has 0 N–H and O–H groups in total. The topological polar surface area (TPSA) is 75.9 Å². The molecule has 0 amide bonds. The van der Waals surface area contributed by atoms with Crippen LogP contribution < -0.4 is 0 Å². The number of morpholine rings is 1. The average Bonchev–Trinajstić information content (AvgIpc) is 3.02. The Morgan fingerprint density at radius 3 is 2.35 bits per heavy atom. The van der Waals surface area contributed by atoms with Crippen LogP contribution in [0.4, 0.5) is 0 Å².